The maximum absolute atomic E-state index is 2.44. The average Bonchev–Trinajstić information content (AvgIpc) is 2.49. The van der Waals surface area contributed by atoms with Crippen LogP contribution in [0.1, 0.15) is 18.4 Å². The molecule has 2 aromatic carbocycles. The summed E-state index contributed by atoms with van der Waals surface area (Å²) < 4.78 is 0. The SMILES string of the molecule is CC(/C=C\C[Si](C)(C)c1ccccc1)c1ccccc1. The first-order valence-electron chi connectivity index (χ1n) is 7.37. The van der Waals surface area contributed by atoms with Gasteiger partial charge in [-0.25, -0.2) is 0 Å². The minimum atomic E-state index is -1.33. The standard InChI is InChI=1S/C19H24Si/c1-17(18-12-6-4-7-13-18)11-10-16-20(2,3)19-14-8-5-9-15-19/h4-15,17H,16H2,1-3H3/b11-10-. The van der Waals surface area contributed by atoms with E-state index in [2.05, 4.69) is 92.8 Å². The summed E-state index contributed by atoms with van der Waals surface area (Å²) in [6, 6.07) is 22.9. The van der Waals surface area contributed by atoms with Crippen molar-refractivity contribution in [2.45, 2.75) is 32.0 Å². The van der Waals surface area contributed by atoms with Gasteiger partial charge < -0.3 is 0 Å². The molecule has 0 nitrogen and oxygen atoms in total. The molecule has 0 aliphatic carbocycles. The van der Waals surface area contributed by atoms with Crippen molar-refractivity contribution < 1.29 is 0 Å². The molecule has 1 unspecified atom stereocenters. The third kappa shape index (κ3) is 3.94. The molecule has 1 atom stereocenters. The molecule has 0 saturated carbocycles. The summed E-state index contributed by atoms with van der Waals surface area (Å²) in [4.78, 5) is 0. The summed E-state index contributed by atoms with van der Waals surface area (Å²) in [6.07, 6.45) is 4.74. The normalized spacial score (nSPS) is 13.6. The van der Waals surface area contributed by atoms with Crippen LogP contribution in [0.15, 0.2) is 72.8 Å². The molecule has 2 rings (SSSR count). The first-order valence-corrected chi connectivity index (χ1v) is 10.6. The molecule has 0 aliphatic rings. The Morgan fingerprint density at radius 2 is 1.45 bits per heavy atom. The molecular formula is C19H24Si. The van der Waals surface area contributed by atoms with Gasteiger partial charge in [0.05, 0.1) is 8.07 Å². The van der Waals surface area contributed by atoms with Crippen LogP contribution in [0.3, 0.4) is 0 Å². The van der Waals surface area contributed by atoms with Crippen molar-refractivity contribution in [2.75, 3.05) is 0 Å². The topological polar surface area (TPSA) is 0 Å². The average molecular weight is 280 g/mol. The second-order valence-electron chi connectivity index (χ2n) is 6.08. The number of allylic oxidation sites excluding steroid dienone is 2. The summed E-state index contributed by atoms with van der Waals surface area (Å²) >= 11 is 0. The van der Waals surface area contributed by atoms with Gasteiger partial charge in [0, 0.05) is 0 Å². The smallest absolute Gasteiger partial charge is 0.0843 e. The summed E-state index contributed by atoms with van der Waals surface area (Å²) in [6.45, 7) is 7.16. The molecule has 20 heavy (non-hydrogen) atoms. The first kappa shape index (κ1) is 14.8. The van der Waals surface area contributed by atoms with Crippen molar-refractivity contribution in [3.63, 3.8) is 0 Å². The largest absolute Gasteiger partial charge is 0.0903 e. The molecule has 104 valence electrons. The minimum Gasteiger partial charge on any atom is -0.0903 e. The van der Waals surface area contributed by atoms with Gasteiger partial charge in [0.15, 0.2) is 0 Å². The summed E-state index contributed by atoms with van der Waals surface area (Å²) in [5, 5.41) is 1.54. The van der Waals surface area contributed by atoms with Gasteiger partial charge in [-0.15, -0.1) is 0 Å². The summed E-state index contributed by atoms with van der Waals surface area (Å²) in [5.41, 5.74) is 1.39. The van der Waals surface area contributed by atoms with Crippen molar-refractivity contribution in [1.29, 1.82) is 0 Å². The number of hydrogen-bond donors (Lipinski definition) is 0. The molecule has 0 bridgehead atoms. The van der Waals surface area contributed by atoms with Crippen molar-refractivity contribution in [2.24, 2.45) is 0 Å². The highest BCUT2D eigenvalue weighted by Gasteiger charge is 2.21. The third-order valence-corrected chi connectivity index (χ3v) is 7.09. The van der Waals surface area contributed by atoms with Gasteiger partial charge in [0.1, 0.15) is 0 Å². The zero-order valence-corrected chi connectivity index (χ0v) is 13.7. The van der Waals surface area contributed by atoms with Crippen molar-refractivity contribution in [1.82, 2.24) is 0 Å². The second-order valence-corrected chi connectivity index (χ2v) is 10.8. The van der Waals surface area contributed by atoms with E-state index in [1.807, 2.05) is 0 Å². The Bertz CT molecular complexity index is 540. The zero-order valence-electron chi connectivity index (χ0n) is 12.7. The van der Waals surface area contributed by atoms with E-state index in [0.717, 1.165) is 0 Å². The van der Waals surface area contributed by atoms with Crippen LogP contribution < -0.4 is 5.19 Å². The van der Waals surface area contributed by atoms with Gasteiger partial charge in [0.2, 0.25) is 0 Å². The van der Waals surface area contributed by atoms with Gasteiger partial charge in [-0.1, -0.05) is 98.0 Å². The lowest BCUT2D eigenvalue weighted by molar-refractivity contribution is 0.964. The van der Waals surface area contributed by atoms with Crippen LogP contribution in [0.5, 0.6) is 0 Å². The Hall–Kier alpha value is -1.60. The van der Waals surface area contributed by atoms with Crippen LogP contribution in [-0.4, -0.2) is 8.07 Å². The van der Waals surface area contributed by atoms with E-state index < -0.39 is 8.07 Å². The first-order chi connectivity index (χ1) is 9.59. The Morgan fingerprint density at radius 1 is 0.900 bits per heavy atom. The molecular weight excluding hydrogens is 256 g/mol. The van der Waals surface area contributed by atoms with Crippen molar-refractivity contribution in [3.05, 3.63) is 78.4 Å². The van der Waals surface area contributed by atoms with Crippen LogP contribution in [0.2, 0.25) is 19.1 Å². The predicted octanol–water partition coefficient (Wildman–Crippen LogP) is 4.96. The molecule has 0 amide bonds. The molecule has 0 radical (unpaired) electrons. The van der Waals surface area contributed by atoms with Crippen molar-refractivity contribution >= 4 is 13.3 Å². The number of benzene rings is 2. The molecule has 0 fully saturated rings. The molecule has 0 N–H and O–H groups in total. The predicted molar refractivity (Wildman–Crippen MR) is 92.4 cm³/mol. The number of hydrogen-bond acceptors (Lipinski definition) is 0. The van der Waals surface area contributed by atoms with E-state index in [1.165, 1.54) is 16.8 Å². The zero-order chi connectivity index (χ0) is 14.4. The van der Waals surface area contributed by atoms with Crippen molar-refractivity contribution in [3.8, 4) is 0 Å². The van der Waals surface area contributed by atoms with Crippen LogP contribution in [-0.2, 0) is 0 Å². The monoisotopic (exact) mass is 280 g/mol. The quantitative estimate of drug-likeness (QED) is 0.536. The minimum absolute atomic E-state index is 0.497. The summed E-state index contributed by atoms with van der Waals surface area (Å²) in [7, 11) is -1.33. The Morgan fingerprint density at radius 3 is 2.05 bits per heavy atom. The highest BCUT2D eigenvalue weighted by molar-refractivity contribution is 6.90. The fourth-order valence-corrected chi connectivity index (χ4v) is 4.50. The molecule has 0 heterocycles. The van der Waals surface area contributed by atoms with E-state index in [0.29, 0.717) is 5.92 Å². The van der Waals surface area contributed by atoms with E-state index in [4.69, 9.17) is 0 Å². The Balaban J connectivity index is 1.99. The van der Waals surface area contributed by atoms with Gasteiger partial charge in [-0.2, -0.15) is 0 Å². The summed E-state index contributed by atoms with van der Waals surface area (Å²) in [5.74, 6) is 0.497. The van der Waals surface area contributed by atoms with Gasteiger partial charge in [-0.05, 0) is 17.5 Å². The van der Waals surface area contributed by atoms with E-state index in [-0.39, 0.29) is 0 Å². The lowest BCUT2D eigenvalue weighted by Gasteiger charge is -2.21. The maximum Gasteiger partial charge on any atom is 0.0843 e. The molecule has 1 heteroatoms. The van der Waals surface area contributed by atoms with Gasteiger partial charge in [0.25, 0.3) is 0 Å². The lowest BCUT2D eigenvalue weighted by atomic mass is 10.0. The molecule has 2 aromatic rings. The fraction of sp³-hybridized carbons (Fsp3) is 0.263. The number of rotatable bonds is 5. The van der Waals surface area contributed by atoms with E-state index in [1.54, 1.807) is 0 Å². The van der Waals surface area contributed by atoms with Crippen LogP contribution in [0.25, 0.3) is 0 Å². The molecule has 0 spiro atoms. The molecule has 0 aliphatic heterocycles. The van der Waals surface area contributed by atoms with Crippen LogP contribution in [0, 0.1) is 0 Å². The molecule has 0 aromatic heterocycles. The second kappa shape index (κ2) is 6.71. The highest BCUT2D eigenvalue weighted by atomic mass is 28.3. The van der Waals surface area contributed by atoms with Gasteiger partial charge >= 0.3 is 0 Å². The maximum atomic E-state index is 2.44. The third-order valence-electron chi connectivity index (χ3n) is 3.93. The highest BCUT2D eigenvalue weighted by Crippen LogP contribution is 2.18. The van der Waals surface area contributed by atoms with Crippen LogP contribution >= 0.6 is 0 Å². The van der Waals surface area contributed by atoms with E-state index in [9.17, 15) is 0 Å². The van der Waals surface area contributed by atoms with Gasteiger partial charge in [-0.3, -0.25) is 0 Å². The molecule has 0 saturated heterocycles. The van der Waals surface area contributed by atoms with Crippen LogP contribution in [0.4, 0.5) is 0 Å². The Kier molecular flexibility index (Phi) is 4.97. The fourth-order valence-electron chi connectivity index (χ4n) is 2.44. The van der Waals surface area contributed by atoms with E-state index >= 15 is 0 Å². The Labute approximate surface area is 124 Å². The lowest BCUT2D eigenvalue weighted by Crippen LogP contribution is -2.40.